The molecular formula is C21H42BN2O3Si. The fraction of sp³-hybridized carbons (Fsp3) is 0.952. The minimum absolute atomic E-state index is 0. The molecule has 0 aliphatic carbocycles. The van der Waals surface area contributed by atoms with Crippen molar-refractivity contribution < 1.29 is 14.0 Å². The fourth-order valence-electron chi connectivity index (χ4n) is 4.52. The molecule has 2 aliphatic heterocycles. The molecule has 0 aromatic carbocycles. The van der Waals surface area contributed by atoms with Gasteiger partial charge in [0.25, 0.3) is 0 Å². The van der Waals surface area contributed by atoms with Crippen molar-refractivity contribution in [2.45, 2.75) is 85.7 Å². The van der Waals surface area contributed by atoms with Crippen LogP contribution in [0.5, 0.6) is 0 Å². The first-order chi connectivity index (χ1) is 12.3. The van der Waals surface area contributed by atoms with E-state index >= 15 is 0 Å². The van der Waals surface area contributed by atoms with Gasteiger partial charge in [-0.2, -0.15) is 0 Å². The topological polar surface area (TPSA) is 42.0 Å². The number of carbonyl (C=O) groups is 1. The molecule has 28 heavy (non-hydrogen) atoms. The van der Waals surface area contributed by atoms with Gasteiger partial charge in [0.05, 0.1) is 0 Å². The van der Waals surface area contributed by atoms with Crippen LogP contribution in [0.15, 0.2) is 0 Å². The summed E-state index contributed by atoms with van der Waals surface area (Å²) in [6, 6.07) is 0. The first-order valence-electron chi connectivity index (χ1n) is 10.7. The van der Waals surface area contributed by atoms with Gasteiger partial charge in [0.2, 0.25) is 0 Å². The van der Waals surface area contributed by atoms with E-state index in [1.807, 2.05) is 25.7 Å². The maximum absolute atomic E-state index is 13.3. The Labute approximate surface area is 176 Å². The molecule has 0 aromatic heterocycles. The maximum atomic E-state index is 13.3. The third-order valence-electron chi connectivity index (χ3n) is 6.03. The first kappa shape index (κ1) is 25.5. The van der Waals surface area contributed by atoms with Gasteiger partial charge in [-0.3, -0.25) is 4.90 Å². The lowest BCUT2D eigenvalue weighted by molar-refractivity contribution is -0.102. The Kier molecular flexibility index (Phi) is 8.28. The van der Waals surface area contributed by atoms with Crippen LogP contribution in [0.1, 0.15) is 61.3 Å². The predicted octanol–water partition coefficient (Wildman–Crippen LogP) is 3.95. The van der Waals surface area contributed by atoms with Crippen LogP contribution in [0.25, 0.3) is 0 Å². The van der Waals surface area contributed by atoms with Crippen molar-refractivity contribution in [3.63, 3.8) is 0 Å². The zero-order valence-corrected chi connectivity index (χ0v) is 20.8. The van der Waals surface area contributed by atoms with Crippen LogP contribution in [0.2, 0.25) is 13.1 Å². The molecule has 1 unspecified atom stereocenters. The number of hydrogen-bond donors (Lipinski definition) is 0. The third-order valence-corrected chi connectivity index (χ3v) is 6.91. The number of nitrogens with zero attached hydrogens (tertiary/aromatic N) is 2. The van der Waals surface area contributed by atoms with Gasteiger partial charge in [-0.25, -0.2) is 4.79 Å². The molecule has 5 nitrogen and oxygen atoms in total. The minimum atomic E-state index is -1.36. The lowest BCUT2D eigenvalue weighted by Crippen LogP contribution is -2.57. The zero-order chi connectivity index (χ0) is 20.6. The van der Waals surface area contributed by atoms with Gasteiger partial charge in [0.1, 0.15) is 11.3 Å². The van der Waals surface area contributed by atoms with E-state index in [1.165, 1.54) is 0 Å². The van der Waals surface area contributed by atoms with Gasteiger partial charge in [0.15, 0.2) is 9.04 Å². The van der Waals surface area contributed by atoms with Crippen LogP contribution in [-0.4, -0.2) is 70.9 Å². The molecule has 0 spiro atoms. The summed E-state index contributed by atoms with van der Waals surface area (Å²) in [5, 5.41) is 0. The van der Waals surface area contributed by atoms with E-state index in [2.05, 4.69) is 45.7 Å². The summed E-state index contributed by atoms with van der Waals surface area (Å²) >= 11 is 0. The summed E-state index contributed by atoms with van der Waals surface area (Å²) in [7, 11) is -1.36. The lowest BCUT2D eigenvalue weighted by atomic mass is 9.77. The van der Waals surface area contributed by atoms with Crippen molar-refractivity contribution in [1.29, 1.82) is 0 Å². The van der Waals surface area contributed by atoms with Crippen LogP contribution >= 0.6 is 0 Å². The van der Waals surface area contributed by atoms with E-state index < -0.39 is 20.4 Å². The van der Waals surface area contributed by atoms with Gasteiger partial charge in [-0.1, -0.05) is 27.7 Å². The van der Waals surface area contributed by atoms with Gasteiger partial charge < -0.3 is 14.1 Å². The van der Waals surface area contributed by atoms with Crippen LogP contribution in [0.3, 0.4) is 0 Å². The molecular weight excluding hydrogens is 367 g/mol. The van der Waals surface area contributed by atoms with Crippen molar-refractivity contribution >= 4 is 23.5 Å². The monoisotopic (exact) mass is 409 g/mol. The molecule has 2 fully saturated rings. The largest absolute Gasteiger partial charge is 0.444 e. The predicted molar refractivity (Wildman–Crippen MR) is 119 cm³/mol. The number of hydrogen-bond acceptors (Lipinski definition) is 4. The highest BCUT2D eigenvalue weighted by Crippen LogP contribution is 2.49. The number of amides is 1. The van der Waals surface area contributed by atoms with Crippen molar-refractivity contribution in [3.05, 3.63) is 0 Å². The van der Waals surface area contributed by atoms with E-state index in [0.29, 0.717) is 11.8 Å². The molecule has 161 valence electrons. The van der Waals surface area contributed by atoms with Gasteiger partial charge in [-0.05, 0) is 71.1 Å². The van der Waals surface area contributed by atoms with Gasteiger partial charge in [0, 0.05) is 27.4 Å². The quantitative estimate of drug-likeness (QED) is 0.660. The maximum Gasteiger partial charge on any atom is 0.412 e. The summed E-state index contributed by atoms with van der Waals surface area (Å²) in [6.45, 7) is 23.2. The molecule has 2 aliphatic rings. The van der Waals surface area contributed by atoms with E-state index in [9.17, 15) is 4.79 Å². The molecule has 0 aromatic rings. The second-order valence-corrected chi connectivity index (χ2v) is 13.1. The Balaban J connectivity index is 0.00000392. The Hall–Kier alpha value is -0.528. The summed E-state index contributed by atoms with van der Waals surface area (Å²) in [5.74, 6) is 0.765. The van der Waals surface area contributed by atoms with Gasteiger partial charge >= 0.3 is 6.09 Å². The SMILES string of the molecule is CCN1CCC([C@@]2(O[SiH](C)C)C[C@H](C(C)(C)C)CN2C(=O)OC(C)(C)C)C1.[B]. The lowest BCUT2D eigenvalue weighted by Gasteiger charge is -2.44. The summed E-state index contributed by atoms with van der Waals surface area (Å²) in [4.78, 5) is 17.7. The van der Waals surface area contributed by atoms with E-state index in [4.69, 9.17) is 9.16 Å². The highest BCUT2D eigenvalue weighted by molar-refractivity contribution is 6.48. The third kappa shape index (κ3) is 5.76. The molecule has 2 rings (SSSR count). The standard InChI is InChI=1S/C21H42N2O3Si.B/c1-10-22-12-11-16(14-22)21(26-27(8)9)13-17(19(2,3)4)15-23(21)18(24)25-20(5,6)7;/h16-17,27H,10-15H2,1-9H3;/t16?,17-,21-;/m0./s1. The van der Waals surface area contributed by atoms with Crippen LogP contribution in [0, 0.1) is 17.3 Å². The smallest absolute Gasteiger partial charge is 0.412 e. The number of ether oxygens (including phenoxy) is 1. The second kappa shape index (κ2) is 9.09. The molecule has 2 heterocycles. The van der Waals surface area contributed by atoms with Crippen LogP contribution < -0.4 is 0 Å². The van der Waals surface area contributed by atoms with Crippen molar-refractivity contribution in [2.24, 2.45) is 17.3 Å². The van der Waals surface area contributed by atoms with Crippen molar-refractivity contribution in [1.82, 2.24) is 9.80 Å². The van der Waals surface area contributed by atoms with Crippen LogP contribution in [-0.2, 0) is 9.16 Å². The molecule has 3 radical (unpaired) electrons. The minimum Gasteiger partial charge on any atom is -0.444 e. The van der Waals surface area contributed by atoms with Crippen molar-refractivity contribution in [3.8, 4) is 0 Å². The Morgan fingerprint density at radius 2 is 1.75 bits per heavy atom. The average molecular weight is 409 g/mol. The second-order valence-electron chi connectivity index (χ2n) is 10.7. The summed E-state index contributed by atoms with van der Waals surface area (Å²) in [5.41, 5.74) is -0.874. The Bertz CT molecular complexity index is 533. The van der Waals surface area contributed by atoms with Gasteiger partial charge in [-0.15, -0.1) is 0 Å². The van der Waals surface area contributed by atoms with E-state index in [0.717, 1.165) is 39.0 Å². The average Bonchev–Trinajstić information content (AvgIpc) is 3.09. The number of likely N-dealkylation sites (tertiary alicyclic amines) is 2. The number of rotatable bonds is 4. The normalized spacial score (nSPS) is 29.3. The highest BCUT2D eigenvalue weighted by atomic mass is 28.3. The zero-order valence-electron chi connectivity index (χ0n) is 19.7. The highest BCUT2D eigenvalue weighted by Gasteiger charge is 2.57. The molecule has 2 saturated heterocycles. The Morgan fingerprint density at radius 3 is 2.18 bits per heavy atom. The molecule has 3 atom stereocenters. The summed E-state index contributed by atoms with van der Waals surface area (Å²) in [6.07, 6.45) is 1.80. The molecule has 7 heteroatoms. The van der Waals surface area contributed by atoms with Crippen molar-refractivity contribution in [2.75, 3.05) is 26.2 Å². The van der Waals surface area contributed by atoms with E-state index in [1.54, 1.807) is 0 Å². The summed E-state index contributed by atoms with van der Waals surface area (Å²) < 4.78 is 12.6. The Morgan fingerprint density at radius 1 is 1.14 bits per heavy atom. The van der Waals surface area contributed by atoms with Crippen LogP contribution in [0.4, 0.5) is 4.79 Å². The molecule has 1 amide bonds. The first-order valence-corrected chi connectivity index (χ1v) is 13.5. The van der Waals surface area contributed by atoms with E-state index in [-0.39, 0.29) is 19.9 Å². The molecule has 0 bridgehead atoms. The number of carbonyl (C=O) groups excluding carboxylic acids is 1. The molecule has 0 N–H and O–H groups in total. The molecule has 0 saturated carbocycles. The fourth-order valence-corrected chi connectivity index (χ4v) is 5.75.